The number of hydrogen-bond acceptors (Lipinski definition) is 4. The highest BCUT2D eigenvalue weighted by Crippen LogP contribution is 2.49. The Morgan fingerprint density at radius 2 is 2.22 bits per heavy atom. The van der Waals surface area contributed by atoms with E-state index in [2.05, 4.69) is 20.3 Å². The Morgan fingerprint density at radius 3 is 2.89 bits per heavy atom. The summed E-state index contributed by atoms with van der Waals surface area (Å²) >= 11 is 0. The zero-order valence-electron chi connectivity index (χ0n) is 15.7. The summed E-state index contributed by atoms with van der Waals surface area (Å²) in [5, 5.41) is 2.99. The van der Waals surface area contributed by atoms with Gasteiger partial charge in [0.05, 0.1) is 6.42 Å². The van der Waals surface area contributed by atoms with E-state index in [1.165, 1.54) is 25.7 Å². The summed E-state index contributed by atoms with van der Waals surface area (Å²) in [6.07, 6.45) is 9.94. The number of amides is 1. The Morgan fingerprint density at radius 1 is 1.33 bits per heavy atom. The molecule has 2 aromatic rings. The van der Waals surface area contributed by atoms with Crippen LogP contribution in [0.2, 0.25) is 0 Å². The molecule has 2 bridgehead atoms. The van der Waals surface area contributed by atoms with Gasteiger partial charge >= 0.3 is 0 Å². The van der Waals surface area contributed by atoms with Crippen LogP contribution >= 0.6 is 0 Å². The van der Waals surface area contributed by atoms with Crippen LogP contribution in [0.4, 0.5) is 0 Å². The first-order chi connectivity index (χ1) is 13.1. The summed E-state index contributed by atoms with van der Waals surface area (Å²) in [5.41, 5.74) is 1.50. The minimum absolute atomic E-state index is 0.0677. The minimum atomic E-state index is -0.260. The molecule has 2 heterocycles. The van der Waals surface area contributed by atoms with Crippen LogP contribution in [-0.4, -0.2) is 27.4 Å². The van der Waals surface area contributed by atoms with Gasteiger partial charge in [-0.2, -0.15) is 0 Å². The summed E-state index contributed by atoms with van der Waals surface area (Å²) in [7, 11) is 0. The summed E-state index contributed by atoms with van der Waals surface area (Å²) in [6.45, 7) is 2.47. The molecule has 1 amide bonds. The molecule has 0 aromatic carbocycles. The highest BCUT2D eigenvalue weighted by Gasteiger charge is 2.38. The fourth-order valence-corrected chi connectivity index (χ4v) is 4.81. The largest absolute Gasteiger partial charge is 0.356 e. The number of aromatic nitrogens is 3. The molecule has 0 aliphatic heterocycles. The van der Waals surface area contributed by atoms with Crippen LogP contribution in [0.25, 0.3) is 11.4 Å². The van der Waals surface area contributed by atoms with Crippen LogP contribution in [0.5, 0.6) is 0 Å². The first-order valence-electron chi connectivity index (χ1n) is 9.87. The third-order valence-electron chi connectivity index (χ3n) is 6.22. The van der Waals surface area contributed by atoms with Gasteiger partial charge < -0.3 is 10.3 Å². The molecule has 0 radical (unpaired) electrons. The standard InChI is InChI=1S/C21H26N4O2/c1-13-18(21(27)25-20(24-13)17-3-2-7-22-12-17)11-19(26)23-8-6-16-10-14-4-5-15(16)9-14/h2-3,7,12,14-16H,4-6,8-11H2,1H3,(H,23,26)(H,24,25,27)/t14-,15-,16-/m0/s1. The van der Waals surface area contributed by atoms with Crippen molar-refractivity contribution in [1.29, 1.82) is 0 Å². The number of carbonyl (C=O) groups excluding carboxylic acids is 1. The number of H-pyrrole nitrogens is 1. The molecule has 4 rings (SSSR count). The van der Waals surface area contributed by atoms with Crippen LogP contribution in [0.15, 0.2) is 29.3 Å². The first-order valence-corrected chi connectivity index (χ1v) is 9.87. The van der Waals surface area contributed by atoms with Gasteiger partial charge in [0.1, 0.15) is 5.82 Å². The van der Waals surface area contributed by atoms with Crippen molar-refractivity contribution in [1.82, 2.24) is 20.3 Å². The lowest BCUT2D eigenvalue weighted by Crippen LogP contribution is -2.31. The molecule has 0 unspecified atom stereocenters. The molecule has 2 N–H and O–H groups in total. The fraction of sp³-hybridized carbons (Fsp3) is 0.524. The number of hydrogen-bond donors (Lipinski definition) is 2. The van der Waals surface area contributed by atoms with E-state index >= 15 is 0 Å². The lowest BCUT2D eigenvalue weighted by atomic mass is 9.86. The highest BCUT2D eigenvalue weighted by molar-refractivity contribution is 5.78. The third-order valence-corrected chi connectivity index (χ3v) is 6.22. The molecule has 27 heavy (non-hydrogen) atoms. The van der Waals surface area contributed by atoms with Crippen molar-refractivity contribution in [3.63, 3.8) is 0 Å². The van der Waals surface area contributed by atoms with Gasteiger partial charge in [0.15, 0.2) is 0 Å². The second kappa shape index (κ2) is 7.62. The van der Waals surface area contributed by atoms with Gasteiger partial charge in [0, 0.05) is 35.8 Å². The zero-order valence-corrected chi connectivity index (χ0v) is 15.7. The Hall–Kier alpha value is -2.50. The predicted octanol–water partition coefficient (Wildman–Crippen LogP) is 2.63. The summed E-state index contributed by atoms with van der Waals surface area (Å²) < 4.78 is 0. The van der Waals surface area contributed by atoms with Crippen LogP contribution in [0.1, 0.15) is 43.4 Å². The predicted molar refractivity (Wildman–Crippen MR) is 103 cm³/mol. The molecule has 2 saturated carbocycles. The molecule has 142 valence electrons. The van der Waals surface area contributed by atoms with Crippen molar-refractivity contribution < 1.29 is 4.79 Å². The Bertz CT molecular complexity index is 877. The SMILES string of the molecule is Cc1nc(-c2cccnc2)[nH]c(=O)c1CC(=O)NCC[C@H]1C[C@H]2CC[C@H]1C2. The van der Waals surface area contributed by atoms with Gasteiger partial charge in [-0.15, -0.1) is 0 Å². The average Bonchev–Trinajstić information content (AvgIpc) is 3.28. The molecular weight excluding hydrogens is 340 g/mol. The maximum absolute atomic E-state index is 12.4. The van der Waals surface area contributed by atoms with E-state index in [1.807, 2.05) is 6.07 Å². The summed E-state index contributed by atoms with van der Waals surface area (Å²) in [4.78, 5) is 36.0. The Labute approximate surface area is 158 Å². The number of pyridine rings is 1. The molecule has 2 fully saturated rings. The molecule has 0 spiro atoms. The van der Waals surface area contributed by atoms with E-state index in [0.29, 0.717) is 23.6 Å². The van der Waals surface area contributed by atoms with Crippen LogP contribution in [0, 0.1) is 24.7 Å². The van der Waals surface area contributed by atoms with Crippen LogP contribution < -0.4 is 10.9 Å². The molecular formula is C21H26N4O2. The van der Waals surface area contributed by atoms with Gasteiger partial charge in [-0.25, -0.2) is 4.98 Å². The van der Waals surface area contributed by atoms with Crippen molar-refractivity contribution in [3.05, 3.63) is 46.1 Å². The van der Waals surface area contributed by atoms with E-state index in [0.717, 1.165) is 29.7 Å². The van der Waals surface area contributed by atoms with Gasteiger partial charge in [0.2, 0.25) is 5.91 Å². The number of aryl methyl sites for hydroxylation is 1. The smallest absolute Gasteiger partial charge is 0.255 e. The van der Waals surface area contributed by atoms with Crippen molar-refractivity contribution in [2.75, 3.05) is 6.54 Å². The summed E-state index contributed by atoms with van der Waals surface area (Å²) in [5.74, 6) is 2.95. The van der Waals surface area contributed by atoms with E-state index in [9.17, 15) is 9.59 Å². The van der Waals surface area contributed by atoms with E-state index in [-0.39, 0.29) is 17.9 Å². The average molecular weight is 366 g/mol. The third kappa shape index (κ3) is 3.94. The maximum atomic E-state index is 12.4. The monoisotopic (exact) mass is 366 g/mol. The first kappa shape index (κ1) is 17.9. The molecule has 3 atom stereocenters. The van der Waals surface area contributed by atoms with Gasteiger partial charge in [-0.05, 0) is 62.5 Å². The number of nitrogens with one attached hydrogen (secondary N) is 2. The number of carbonyl (C=O) groups is 1. The highest BCUT2D eigenvalue weighted by atomic mass is 16.2. The Kier molecular flexibility index (Phi) is 5.05. The minimum Gasteiger partial charge on any atom is -0.356 e. The molecule has 2 aliphatic carbocycles. The van der Waals surface area contributed by atoms with E-state index < -0.39 is 0 Å². The topological polar surface area (TPSA) is 87.7 Å². The van der Waals surface area contributed by atoms with Gasteiger partial charge in [0.25, 0.3) is 5.56 Å². The lowest BCUT2D eigenvalue weighted by Gasteiger charge is -2.21. The van der Waals surface area contributed by atoms with E-state index in [4.69, 9.17) is 0 Å². The van der Waals surface area contributed by atoms with Crippen molar-refractivity contribution in [2.24, 2.45) is 17.8 Å². The lowest BCUT2D eigenvalue weighted by molar-refractivity contribution is -0.120. The Balaban J connectivity index is 1.34. The fourth-order valence-electron chi connectivity index (χ4n) is 4.81. The van der Waals surface area contributed by atoms with E-state index in [1.54, 1.807) is 25.4 Å². The molecule has 2 aromatic heterocycles. The second-order valence-electron chi connectivity index (χ2n) is 7.97. The number of rotatable bonds is 6. The second-order valence-corrected chi connectivity index (χ2v) is 7.97. The summed E-state index contributed by atoms with van der Waals surface area (Å²) in [6, 6.07) is 3.63. The number of nitrogens with zero attached hydrogens (tertiary/aromatic N) is 2. The number of fused-ring (bicyclic) bond motifs is 2. The van der Waals surface area contributed by atoms with Crippen LogP contribution in [-0.2, 0) is 11.2 Å². The van der Waals surface area contributed by atoms with Crippen molar-refractivity contribution in [3.8, 4) is 11.4 Å². The van der Waals surface area contributed by atoms with Crippen molar-refractivity contribution in [2.45, 2.75) is 45.4 Å². The molecule has 2 aliphatic rings. The molecule has 0 saturated heterocycles. The maximum Gasteiger partial charge on any atom is 0.255 e. The molecule has 6 nitrogen and oxygen atoms in total. The molecule has 6 heteroatoms. The normalized spacial score (nSPS) is 23.5. The number of aromatic amines is 1. The zero-order chi connectivity index (χ0) is 18.8. The quantitative estimate of drug-likeness (QED) is 0.823. The van der Waals surface area contributed by atoms with Crippen LogP contribution in [0.3, 0.4) is 0 Å². The van der Waals surface area contributed by atoms with Gasteiger partial charge in [-0.3, -0.25) is 14.6 Å². The van der Waals surface area contributed by atoms with Crippen molar-refractivity contribution >= 4 is 5.91 Å². The van der Waals surface area contributed by atoms with Gasteiger partial charge in [-0.1, -0.05) is 6.42 Å².